The number of pyridine rings is 2. The summed E-state index contributed by atoms with van der Waals surface area (Å²) in [7, 11) is 0. The Labute approximate surface area is 213 Å². The van der Waals surface area contributed by atoms with Crippen LogP contribution in [-0.2, 0) is 20.9 Å². The number of likely N-dealkylation sites (tertiary alicyclic amines) is 1. The van der Waals surface area contributed by atoms with Crippen molar-refractivity contribution in [3.63, 3.8) is 0 Å². The molecule has 0 radical (unpaired) electrons. The molecule has 0 unspecified atom stereocenters. The Hall–Kier alpha value is -3.46. The van der Waals surface area contributed by atoms with Gasteiger partial charge < -0.3 is 19.7 Å². The van der Waals surface area contributed by atoms with Crippen LogP contribution in [0.1, 0.15) is 18.4 Å². The molecule has 0 bridgehead atoms. The SMILES string of the molecule is O=C(O)C(F)(F)F.O=C(O)C(F)(F)F.c1cncc(CN2CC[C@H]3OCC[C@@]3(COc3cccnc3)C2)c1. The molecule has 38 heavy (non-hydrogen) atoms. The number of hydrogen-bond acceptors (Lipinski definition) is 7. The number of fused-ring (bicyclic) bond motifs is 1. The van der Waals surface area contributed by atoms with E-state index < -0.39 is 24.3 Å². The number of halogens is 6. The average molecular weight is 553 g/mol. The highest BCUT2D eigenvalue weighted by Gasteiger charge is 2.48. The Bertz CT molecular complexity index is 1000. The highest BCUT2D eigenvalue weighted by molar-refractivity contribution is 5.73. The Kier molecular flexibility index (Phi) is 10.8. The van der Waals surface area contributed by atoms with Gasteiger partial charge in [0.1, 0.15) is 5.75 Å². The number of carboxylic acid groups (broad SMARTS) is 2. The molecule has 2 N–H and O–H groups in total. The van der Waals surface area contributed by atoms with E-state index in [2.05, 4.69) is 20.9 Å². The molecule has 0 amide bonds. The van der Waals surface area contributed by atoms with Crippen molar-refractivity contribution < 1.29 is 55.6 Å². The van der Waals surface area contributed by atoms with Crippen molar-refractivity contribution in [3.05, 3.63) is 54.6 Å². The van der Waals surface area contributed by atoms with Crippen LogP contribution in [0.2, 0.25) is 0 Å². The van der Waals surface area contributed by atoms with E-state index in [1.54, 1.807) is 12.4 Å². The third kappa shape index (κ3) is 9.78. The van der Waals surface area contributed by atoms with Gasteiger partial charge in [-0.25, -0.2) is 9.59 Å². The normalized spacial score (nSPS) is 21.2. The van der Waals surface area contributed by atoms with Crippen LogP contribution >= 0.6 is 0 Å². The third-order valence-corrected chi connectivity index (χ3v) is 5.62. The molecular formula is C23H25F6N3O6. The molecule has 2 saturated heterocycles. The summed E-state index contributed by atoms with van der Waals surface area (Å²) < 4.78 is 75.6. The van der Waals surface area contributed by atoms with Gasteiger partial charge in [0, 0.05) is 50.2 Å². The van der Waals surface area contributed by atoms with E-state index in [-0.39, 0.29) is 5.41 Å². The van der Waals surface area contributed by atoms with Crippen molar-refractivity contribution in [1.29, 1.82) is 0 Å². The number of hydrogen-bond donors (Lipinski definition) is 2. The first-order valence-corrected chi connectivity index (χ1v) is 11.1. The minimum Gasteiger partial charge on any atom is -0.491 e. The second-order valence-corrected chi connectivity index (χ2v) is 8.42. The van der Waals surface area contributed by atoms with Crippen LogP contribution in [0.4, 0.5) is 26.3 Å². The lowest BCUT2D eigenvalue weighted by Crippen LogP contribution is -2.52. The van der Waals surface area contributed by atoms with Crippen LogP contribution in [0.5, 0.6) is 5.75 Å². The molecule has 4 rings (SSSR count). The van der Waals surface area contributed by atoms with Gasteiger partial charge in [0.15, 0.2) is 0 Å². The molecule has 4 heterocycles. The zero-order chi connectivity index (χ0) is 28.4. The molecule has 2 aromatic heterocycles. The number of aliphatic carboxylic acids is 2. The summed E-state index contributed by atoms with van der Waals surface area (Å²) in [6, 6.07) is 8.01. The Morgan fingerprint density at radius 1 is 1.03 bits per heavy atom. The molecule has 0 spiro atoms. The van der Waals surface area contributed by atoms with Crippen molar-refractivity contribution in [2.24, 2.45) is 5.41 Å². The van der Waals surface area contributed by atoms with Crippen molar-refractivity contribution in [1.82, 2.24) is 14.9 Å². The third-order valence-electron chi connectivity index (χ3n) is 5.62. The van der Waals surface area contributed by atoms with E-state index in [1.807, 2.05) is 30.6 Å². The number of carboxylic acids is 2. The summed E-state index contributed by atoms with van der Waals surface area (Å²) in [5, 5.41) is 14.2. The van der Waals surface area contributed by atoms with Gasteiger partial charge >= 0.3 is 24.3 Å². The number of aromatic nitrogens is 2. The Balaban J connectivity index is 0.000000301. The van der Waals surface area contributed by atoms with Gasteiger partial charge in [-0.1, -0.05) is 6.07 Å². The topological polar surface area (TPSA) is 122 Å². The van der Waals surface area contributed by atoms with Gasteiger partial charge in [0.25, 0.3) is 0 Å². The molecule has 2 aromatic rings. The first-order chi connectivity index (χ1) is 17.7. The van der Waals surface area contributed by atoms with E-state index >= 15 is 0 Å². The first-order valence-electron chi connectivity index (χ1n) is 11.1. The number of rotatable bonds is 5. The van der Waals surface area contributed by atoms with E-state index in [9.17, 15) is 26.3 Å². The first kappa shape index (κ1) is 30.8. The largest absolute Gasteiger partial charge is 0.491 e. The van der Waals surface area contributed by atoms with Crippen molar-refractivity contribution in [2.75, 3.05) is 26.3 Å². The second kappa shape index (κ2) is 13.4. The van der Waals surface area contributed by atoms with Crippen molar-refractivity contribution >= 4 is 11.9 Å². The minimum atomic E-state index is -5.08. The second-order valence-electron chi connectivity index (χ2n) is 8.42. The Morgan fingerprint density at radius 2 is 1.61 bits per heavy atom. The summed E-state index contributed by atoms with van der Waals surface area (Å²) in [6.07, 6.45) is -0.419. The van der Waals surface area contributed by atoms with Gasteiger partial charge in [-0.3, -0.25) is 14.9 Å². The fraction of sp³-hybridized carbons (Fsp3) is 0.478. The van der Waals surface area contributed by atoms with Gasteiger partial charge in [-0.05, 0) is 36.6 Å². The average Bonchev–Trinajstić information content (AvgIpc) is 3.27. The monoisotopic (exact) mass is 553 g/mol. The standard InChI is InChI=1S/C19H23N3O2.2C2HF3O2/c1-3-16(11-20-7-1)13-22-9-5-18-19(14-22,6-10-23-18)15-24-17-4-2-8-21-12-17;2*3-2(4,5)1(6)7/h1-4,7-8,11-12,18H,5-6,9-10,13-15H2;2*(H,6,7)/t18-,19+;;/m1../s1. The zero-order valence-corrected chi connectivity index (χ0v) is 19.8. The number of ether oxygens (including phenoxy) is 2. The smallest absolute Gasteiger partial charge is 0.490 e. The lowest BCUT2D eigenvalue weighted by Gasteiger charge is -2.43. The molecular weight excluding hydrogens is 528 g/mol. The maximum Gasteiger partial charge on any atom is 0.490 e. The van der Waals surface area contributed by atoms with Gasteiger partial charge in [-0.15, -0.1) is 0 Å². The van der Waals surface area contributed by atoms with Gasteiger partial charge in [-0.2, -0.15) is 26.3 Å². The van der Waals surface area contributed by atoms with Gasteiger partial charge in [0.2, 0.25) is 0 Å². The molecule has 2 aliphatic heterocycles. The quantitative estimate of drug-likeness (QED) is 0.533. The van der Waals surface area contributed by atoms with Crippen LogP contribution in [0.15, 0.2) is 49.1 Å². The lowest BCUT2D eigenvalue weighted by molar-refractivity contribution is -0.193. The molecule has 15 heteroatoms. The summed E-state index contributed by atoms with van der Waals surface area (Å²) in [6.45, 7) is 4.53. The number of carbonyl (C=O) groups is 2. The lowest BCUT2D eigenvalue weighted by atomic mass is 9.77. The minimum absolute atomic E-state index is 0.0797. The van der Waals surface area contributed by atoms with Crippen molar-refractivity contribution in [2.45, 2.75) is 37.8 Å². The van der Waals surface area contributed by atoms with Gasteiger partial charge in [0.05, 0.1) is 18.9 Å². The highest BCUT2D eigenvalue weighted by Crippen LogP contribution is 2.41. The number of alkyl halides is 6. The molecule has 2 aliphatic rings. The van der Waals surface area contributed by atoms with E-state index in [0.717, 1.165) is 44.8 Å². The number of piperidine rings is 1. The molecule has 0 aromatic carbocycles. The predicted molar refractivity (Wildman–Crippen MR) is 118 cm³/mol. The predicted octanol–water partition coefficient (Wildman–Crippen LogP) is 3.80. The molecule has 0 aliphatic carbocycles. The Morgan fingerprint density at radius 3 is 2.11 bits per heavy atom. The van der Waals surface area contributed by atoms with Crippen LogP contribution in [0.3, 0.4) is 0 Å². The summed E-state index contributed by atoms with van der Waals surface area (Å²) in [4.78, 5) is 28.7. The fourth-order valence-electron chi connectivity index (χ4n) is 3.89. The maximum absolute atomic E-state index is 10.6. The highest BCUT2D eigenvalue weighted by atomic mass is 19.4. The van der Waals surface area contributed by atoms with E-state index in [1.165, 1.54) is 5.56 Å². The zero-order valence-electron chi connectivity index (χ0n) is 19.8. The summed E-state index contributed by atoms with van der Waals surface area (Å²) >= 11 is 0. The van der Waals surface area contributed by atoms with Crippen LogP contribution in [0, 0.1) is 5.41 Å². The summed E-state index contributed by atoms with van der Waals surface area (Å²) in [5.74, 6) is -4.68. The fourth-order valence-corrected chi connectivity index (χ4v) is 3.89. The molecule has 2 fully saturated rings. The maximum atomic E-state index is 10.6. The van der Waals surface area contributed by atoms with E-state index in [0.29, 0.717) is 12.7 Å². The molecule has 9 nitrogen and oxygen atoms in total. The number of nitrogens with zero attached hydrogens (tertiary/aromatic N) is 3. The van der Waals surface area contributed by atoms with Crippen LogP contribution < -0.4 is 4.74 Å². The molecule has 210 valence electrons. The molecule has 2 atom stereocenters. The summed E-state index contributed by atoms with van der Waals surface area (Å²) in [5.41, 5.74) is 1.34. The van der Waals surface area contributed by atoms with Crippen LogP contribution in [-0.4, -0.2) is 81.8 Å². The van der Waals surface area contributed by atoms with Crippen molar-refractivity contribution in [3.8, 4) is 5.75 Å². The van der Waals surface area contributed by atoms with Crippen LogP contribution in [0.25, 0.3) is 0 Å². The van der Waals surface area contributed by atoms with E-state index in [4.69, 9.17) is 29.3 Å². The molecule has 0 saturated carbocycles.